The fourth-order valence-corrected chi connectivity index (χ4v) is 1.37. The zero-order chi connectivity index (χ0) is 9.52. The van der Waals surface area contributed by atoms with E-state index in [0.29, 0.717) is 0 Å². The minimum Gasteiger partial charge on any atom is -0.313 e. The highest BCUT2D eigenvalue weighted by Gasteiger charge is 1.93. The summed E-state index contributed by atoms with van der Waals surface area (Å²) in [5.41, 5.74) is 2.82. The molecule has 1 aromatic carbocycles. The topological polar surface area (TPSA) is 12.0 Å². The van der Waals surface area contributed by atoms with E-state index in [1.165, 1.54) is 17.5 Å². The Morgan fingerprint density at radius 2 is 1.92 bits per heavy atom. The molecule has 0 aromatic heterocycles. The van der Waals surface area contributed by atoms with Crippen LogP contribution in [0, 0.1) is 0 Å². The van der Waals surface area contributed by atoms with Crippen LogP contribution in [-0.4, -0.2) is 6.54 Å². The molecule has 1 nitrogen and oxygen atoms in total. The van der Waals surface area contributed by atoms with E-state index in [4.69, 9.17) is 0 Å². The Hall–Kier alpha value is -0.820. The molecule has 13 heavy (non-hydrogen) atoms. The smallest absolute Gasteiger partial charge is 0.0205 e. The highest BCUT2D eigenvalue weighted by molar-refractivity contribution is 5.23. The lowest BCUT2D eigenvalue weighted by molar-refractivity contribution is 0.675. The molecule has 0 atom stereocenters. The predicted molar refractivity (Wildman–Crippen MR) is 57.8 cm³/mol. The van der Waals surface area contributed by atoms with Gasteiger partial charge in [-0.25, -0.2) is 0 Å². The summed E-state index contributed by atoms with van der Waals surface area (Å²) >= 11 is 0. The maximum absolute atomic E-state index is 3.40. The molecule has 0 radical (unpaired) electrons. The maximum atomic E-state index is 3.40. The molecule has 0 fully saturated rings. The van der Waals surface area contributed by atoms with Crippen LogP contribution in [0.5, 0.6) is 0 Å². The zero-order valence-electron chi connectivity index (χ0n) is 8.64. The van der Waals surface area contributed by atoms with E-state index >= 15 is 0 Å². The number of hydrogen-bond donors (Lipinski definition) is 1. The van der Waals surface area contributed by atoms with Crippen LogP contribution in [0.3, 0.4) is 0 Å². The van der Waals surface area contributed by atoms with Crippen molar-refractivity contribution < 1.29 is 0 Å². The molecule has 0 saturated heterocycles. The molecule has 1 rings (SSSR count). The molecule has 0 saturated carbocycles. The van der Waals surface area contributed by atoms with Crippen LogP contribution in [-0.2, 0) is 13.0 Å². The Morgan fingerprint density at radius 3 is 2.62 bits per heavy atom. The Labute approximate surface area is 81.2 Å². The number of hydrogen-bond acceptors (Lipinski definition) is 1. The molecule has 1 aromatic rings. The second kappa shape index (κ2) is 5.76. The van der Waals surface area contributed by atoms with Crippen molar-refractivity contribution in [2.45, 2.75) is 33.2 Å². The lowest BCUT2D eigenvalue weighted by Crippen LogP contribution is -2.13. The van der Waals surface area contributed by atoms with Gasteiger partial charge in [0.2, 0.25) is 0 Å². The number of rotatable bonds is 5. The largest absolute Gasteiger partial charge is 0.313 e. The summed E-state index contributed by atoms with van der Waals surface area (Å²) in [6, 6.07) is 8.79. The van der Waals surface area contributed by atoms with Crippen LogP contribution in [0.4, 0.5) is 0 Å². The number of nitrogens with one attached hydrogen (secondary N) is 1. The Morgan fingerprint density at radius 1 is 1.15 bits per heavy atom. The molecular formula is C12H19N. The van der Waals surface area contributed by atoms with Crippen molar-refractivity contribution in [3.63, 3.8) is 0 Å². The van der Waals surface area contributed by atoms with Crippen molar-refractivity contribution in [1.29, 1.82) is 0 Å². The standard InChI is InChI=1S/C12H19N/c1-3-8-13-10-12-7-5-6-11(4-2)9-12/h5-7,9,13H,3-4,8,10H2,1-2H3. The van der Waals surface area contributed by atoms with E-state index in [2.05, 4.69) is 43.4 Å². The van der Waals surface area contributed by atoms with Crippen molar-refractivity contribution >= 4 is 0 Å². The van der Waals surface area contributed by atoms with Crippen molar-refractivity contribution in [3.05, 3.63) is 35.4 Å². The third-order valence-corrected chi connectivity index (χ3v) is 2.16. The number of benzene rings is 1. The highest BCUT2D eigenvalue weighted by atomic mass is 14.8. The first-order valence-corrected chi connectivity index (χ1v) is 5.15. The fourth-order valence-electron chi connectivity index (χ4n) is 1.37. The van der Waals surface area contributed by atoms with E-state index in [1.807, 2.05) is 0 Å². The Bertz CT molecular complexity index is 243. The minimum atomic E-state index is 1.00. The molecule has 0 heterocycles. The van der Waals surface area contributed by atoms with Crippen molar-refractivity contribution in [3.8, 4) is 0 Å². The van der Waals surface area contributed by atoms with Gasteiger partial charge in [-0.2, -0.15) is 0 Å². The quantitative estimate of drug-likeness (QED) is 0.682. The van der Waals surface area contributed by atoms with Crippen LogP contribution >= 0.6 is 0 Å². The molecule has 0 amide bonds. The molecule has 1 N–H and O–H groups in total. The maximum Gasteiger partial charge on any atom is 0.0205 e. The minimum absolute atomic E-state index is 1.00. The monoisotopic (exact) mass is 177 g/mol. The van der Waals surface area contributed by atoms with Gasteiger partial charge in [-0.05, 0) is 30.5 Å². The summed E-state index contributed by atoms with van der Waals surface area (Å²) in [4.78, 5) is 0. The lowest BCUT2D eigenvalue weighted by Gasteiger charge is -2.04. The Balaban J connectivity index is 2.46. The first-order valence-electron chi connectivity index (χ1n) is 5.15. The van der Waals surface area contributed by atoms with Crippen LogP contribution in [0.15, 0.2) is 24.3 Å². The predicted octanol–water partition coefficient (Wildman–Crippen LogP) is 2.75. The van der Waals surface area contributed by atoms with Crippen LogP contribution in [0.1, 0.15) is 31.4 Å². The van der Waals surface area contributed by atoms with E-state index in [1.54, 1.807) is 0 Å². The summed E-state index contributed by atoms with van der Waals surface area (Å²) in [5.74, 6) is 0. The van der Waals surface area contributed by atoms with E-state index in [-0.39, 0.29) is 0 Å². The zero-order valence-corrected chi connectivity index (χ0v) is 8.64. The van der Waals surface area contributed by atoms with Gasteiger partial charge in [0, 0.05) is 6.54 Å². The van der Waals surface area contributed by atoms with Crippen molar-refractivity contribution in [2.24, 2.45) is 0 Å². The van der Waals surface area contributed by atoms with Gasteiger partial charge < -0.3 is 5.32 Å². The van der Waals surface area contributed by atoms with E-state index in [0.717, 1.165) is 19.5 Å². The van der Waals surface area contributed by atoms with Gasteiger partial charge in [0.15, 0.2) is 0 Å². The van der Waals surface area contributed by atoms with E-state index < -0.39 is 0 Å². The molecule has 72 valence electrons. The van der Waals surface area contributed by atoms with Gasteiger partial charge in [0.1, 0.15) is 0 Å². The van der Waals surface area contributed by atoms with Gasteiger partial charge in [-0.15, -0.1) is 0 Å². The fraction of sp³-hybridized carbons (Fsp3) is 0.500. The van der Waals surface area contributed by atoms with Gasteiger partial charge in [-0.3, -0.25) is 0 Å². The summed E-state index contributed by atoms with van der Waals surface area (Å²) in [6.45, 7) is 6.49. The van der Waals surface area contributed by atoms with Crippen molar-refractivity contribution in [2.75, 3.05) is 6.54 Å². The van der Waals surface area contributed by atoms with Gasteiger partial charge in [0.05, 0.1) is 0 Å². The molecule has 0 bridgehead atoms. The molecule has 0 unspecified atom stereocenters. The lowest BCUT2D eigenvalue weighted by atomic mass is 10.1. The first-order chi connectivity index (χ1) is 6.36. The normalized spacial score (nSPS) is 10.3. The van der Waals surface area contributed by atoms with E-state index in [9.17, 15) is 0 Å². The van der Waals surface area contributed by atoms with Crippen molar-refractivity contribution in [1.82, 2.24) is 5.32 Å². The molecule has 0 aliphatic carbocycles. The molecule has 1 heteroatoms. The third-order valence-electron chi connectivity index (χ3n) is 2.16. The van der Waals surface area contributed by atoms with Crippen LogP contribution in [0.2, 0.25) is 0 Å². The van der Waals surface area contributed by atoms with Gasteiger partial charge in [0.25, 0.3) is 0 Å². The highest BCUT2D eigenvalue weighted by Crippen LogP contribution is 2.05. The second-order valence-corrected chi connectivity index (χ2v) is 3.35. The summed E-state index contributed by atoms with van der Waals surface area (Å²) in [6.07, 6.45) is 2.33. The summed E-state index contributed by atoms with van der Waals surface area (Å²) in [7, 11) is 0. The Kier molecular flexibility index (Phi) is 4.55. The second-order valence-electron chi connectivity index (χ2n) is 3.35. The van der Waals surface area contributed by atoms with Gasteiger partial charge in [-0.1, -0.05) is 38.1 Å². The first kappa shape index (κ1) is 10.3. The number of aryl methyl sites for hydroxylation is 1. The molecule has 0 spiro atoms. The summed E-state index contributed by atoms with van der Waals surface area (Å²) < 4.78 is 0. The summed E-state index contributed by atoms with van der Waals surface area (Å²) in [5, 5.41) is 3.40. The molecular weight excluding hydrogens is 158 g/mol. The molecule has 0 aliphatic rings. The van der Waals surface area contributed by atoms with Crippen LogP contribution in [0.25, 0.3) is 0 Å². The third kappa shape index (κ3) is 3.60. The average molecular weight is 177 g/mol. The van der Waals surface area contributed by atoms with Crippen LogP contribution < -0.4 is 5.32 Å². The van der Waals surface area contributed by atoms with Gasteiger partial charge >= 0.3 is 0 Å². The average Bonchev–Trinajstić information content (AvgIpc) is 2.19. The SMILES string of the molecule is CCCNCc1cccc(CC)c1. The molecule has 0 aliphatic heterocycles.